The molecule has 0 bridgehead atoms. The molecule has 99 heavy (non-hydrogen) atoms. The van der Waals surface area contributed by atoms with E-state index < -0.39 is 141 Å². The molecule has 0 radical (unpaired) electrons. The molecule has 5 aliphatic rings. The molecular formula is C76H83N3O20. The third-order valence-electron chi connectivity index (χ3n) is 18.1. The lowest BCUT2D eigenvalue weighted by Gasteiger charge is -2.51. The number of aliphatic hydroxyl groups excluding tert-OH is 1. The van der Waals surface area contributed by atoms with E-state index in [1.165, 1.54) is 27.9 Å². The van der Waals surface area contributed by atoms with Crippen LogP contribution in [0.25, 0.3) is 11.1 Å². The van der Waals surface area contributed by atoms with E-state index in [2.05, 4.69) is 16.0 Å². The number of ether oxygens (including phenoxy) is 14. The number of rotatable bonds is 28. The topological polar surface area (TPSA) is 274 Å². The van der Waals surface area contributed by atoms with E-state index in [0.29, 0.717) is 5.75 Å². The van der Waals surface area contributed by atoms with Crippen LogP contribution < -0.4 is 20.7 Å². The lowest BCUT2D eigenvalue weighted by Crippen LogP contribution is -2.69. The van der Waals surface area contributed by atoms with Gasteiger partial charge in [-0.15, -0.1) is 0 Å². The monoisotopic (exact) mass is 1360 g/mol. The van der Waals surface area contributed by atoms with E-state index in [9.17, 15) is 29.4 Å². The first-order valence-corrected chi connectivity index (χ1v) is 33.2. The Morgan fingerprint density at radius 2 is 1.05 bits per heavy atom. The summed E-state index contributed by atoms with van der Waals surface area (Å²) < 4.78 is 93.2. The zero-order chi connectivity index (χ0) is 68.8. The van der Waals surface area contributed by atoms with Crippen LogP contribution in [0.5, 0.6) is 5.75 Å². The maximum absolute atomic E-state index is 13.7. The van der Waals surface area contributed by atoms with E-state index in [0.717, 1.165) is 44.5 Å². The first kappa shape index (κ1) is 70.4. The van der Waals surface area contributed by atoms with E-state index in [1.807, 2.05) is 188 Å². The Morgan fingerprint density at radius 3 is 1.62 bits per heavy atom. The van der Waals surface area contributed by atoms with Gasteiger partial charge in [-0.1, -0.05) is 188 Å². The average molecular weight is 1360 g/mol. The number of carbonyl (C=O) groups is 4. The van der Waals surface area contributed by atoms with Crippen LogP contribution in [-0.4, -0.2) is 172 Å². The molecule has 4 heterocycles. The maximum atomic E-state index is 13.7. The SMILES string of the molecule is CO[C@@H]1[C@@H](NC(C)=O)[C@@H](OC[C@H]2O[C@H](O[C@H](C)C(NC(=O)OCC3c4ccccc4-c4ccccc43)C(=O)O)[C@H](NC(C)=O)[C@@H](OCc3ccccc3)[C@H]2O)O[C@H](COc2ccccc2)[C@H]1O[C@@H]1OC2COC(c3ccccc3)OC2[C@H](OCc2ccccc2)[C@H]1OCc1ccccc1. The van der Waals surface area contributed by atoms with Crippen LogP contribution in [0.4, 0.5) is 4.79 Å². The number of aliphatic carboxylic acids is 1. The molecule has 12 rings (SSSR count). The molecule has 3 amide bonds. The minimum absolute atomic E-state index is 0.0651. The Labute approximate surface area is 574 Å². The molecular weight excluding hydrogens is 1270 g/mol. The molecule has 4 unspecified atom stereocenters. The van der Waals surface area contributed by atoms with Crippen LogP contribution in [0, 0.1) is 0 Å². The van der Waals surface area contributed by atoms with Gasteiger partial charge in [0.1, 0.15) is 92.1 Å². The van der Waals surface area contributed by atoms with Gasteiger partial charge in [0.05, 0.1) is 39.1 Å². The number of carboxylic acids is 1. The molecule has 0 saturated carbocycles. The highest BCUT2D eigenvalue weighted by atomic mass is 16.8. The normalized spacial score (nSPS) is 27.8. The zero-order valence-electron chi connectivity index (χ0n) is 55.2. The van der Waals surface area contributed by atoms with Gasteiger partial charge in [-0.05, 0) is 58.0 Å². The largest absolute Gasteiger partial charge is 0.491 e. The van der Waals surface area contributed by atoms with E-state index in [1.54, 1.807) is 12.1 Å². The second kappa shape index (κ2) is 33.6. The van der Waals surface area contributed by atoms with Gasteiger partial charge in [-0.3, -0.25) is 9.59 Å². The average Bonchev–Trinajstić information content (AvgIpc) is 1.71. The molecule has 23 nitrogen and oxygen atoms in total. The molecule has 7 aromatic rings. The van der Waals surface area contributed by atoms with Crippen molar-refractivity contribution in [2.24, 2.45) is 0 Å². The van der Waals surface area contributed by atoms with Crippen LogP contribution in [0.2, 0.25) is 0 Å². The van der Waals surface area contributed by atoms with Gasteiger partial charge in [-0.2, -0.15) is 0 Å². The molecule has 4 aliphatic heterocycles. The number of fused-ring (bicyclic) bond motifs is 4. The first-order valence-electron chi connectivity index (χ1n) is 33.2. The Kier molecular flexibility index (Phi) is 23.9. The summed E-state index contributed by atoms with van der Waals surface area (Å²) in [5.41, 5.74) is 7.21. The number of amides is 3. The molecule has 18 atom stereocenters. The number of para-hydroxylation sites is 1. The highest BCUT2D eigenvalue weighted by Crippen LogP contribution is 2.45. The summed E-state index contributed by atoms with van der Waals surface area (Å²) in [6.07, 6.45) is -18.6. The van der Waals surface area contributed by atoms with Crippen molar-refractivity contribution >= 4 is 23.9 Å². The minimum Gasteiger partial charge on any atom is -0.491 e. The molecule has 0 spiro atoms. The van der Waals surface area contributed by atoms with Crippen LogP contribution >= 0.6 is 0 Å². The van der Waals surface area contributed by atoms with Crippen molar-refractivity contribution in [2.75, 3.05) is 33.5 Å². The minimum atomic E-state index is -1.74. The molecule has 4 saturated heterocycles. The van der Waals surface area contributed by atoms with Crippen molar-refractivity contribution in [1.29, 1.82) is 0 Å². The van der Waals surface area contributed by atoms with Crippen LogP contribution in [0.15, 0.2) is 200 Å². The predicted octanol–water partition coefficient (Wildman–Crippen LogP) is 8.29. The number of nitrogens with one attached hydrogen (secondary N) is 3. The number of carbonyl (C=O) groups excluding carboxylic acids is 3. The maximum Gasteiger partial charge on any atom is 0.407 e. The molecule has 522 valence electrons. The van der Waals surface area contributed by atoms with Crippen molar-refractivity contribution in [1.82, 2.24) is 16.0 Å². The fraction of sp³-hybridized carbons (Fsp3) is 0.395. The molecule has 4 fully saturated rings. The van der Waals surface area contributed by atoms with Crippen LogP contribution in [-0.2, 0) is 95.8 Å². The number of aliphatic hydroxyl groups is 1. The second-order valence-electron chi connectivity index (χ2n) is 24.9. The molecule has 23 heteroatoms. The van der Waals surface area contributed by atoms with Gasteiger partial charge in [0, 0.05) is 32.4 Å². The molecule has 7 aromatic carbocycles. The molecule has 0 aromatic heterocycles. The van der Waals surface area contributed by atoms with Gasteiger partial charge in [0.2, 0.25) is 11.8 Å². The number of carboxylic acid groups (broad SMARTS) is 1. The number of alkyl carbamates (subject to hydrolysis) is 1. The van der Waals surface area contributed by atoms with Crippen molar-refractivity contribution in [3.63, 3.8) is 0 Å². The smallest absolute Gasteiger partial charge is 0.407 e. The summed E-state index contributed by atoms with van der Waals surface area (Å²) in [6.45, 7) is 3.47. The first-order chi connectivity index (χ1) is 48.3. The van der Waals surface area contributed by atoms with Crippen LogP contribution in [0.1, 0.15) is 66.4 Å². The van der Waals surface area contributed by atoms with Crippen molar-refractivity contribution in [3.8, 4) is 16.9 Å². The van der Waals surface area contributed by atoms with Gasteiger partial charge < -0.3 is 92.5 Å². The lowest BCUT2D eigenvalue weighted by molar-refractivity contribution is -0.391. The number of hydrogen-bond acceptors (Lipinski definition) is 19. The summed E-state index contributed by atoms with van der Waals surface area (Å²) in [5, 5.41) is 31.5. The zero-order valence-corrected chi connectivity index (χ0v) is 55.2. The summed E-state index contributed by atoms with van der Waals surface area (Å²) in [6, 6.07) is 58.5. The summed E-state index contributed by atoms with van der Waals surface area (Å²) in [4.78, 5) is 53.7. The van der Waals surface area contributed by atoms with Crippen molar-refractivity contribution in [3.05, 3.63) is 234 Å². The van der Waals surface area contributed by atoms with Gasteiger partial charge >= 0.3 is 12.1 Å². The lowest BCUT2D eigenvalue weighted by atomic mass is 9.94. The number of methoxy groups -OCH3 is 1. The van der Waals surface area contributed by atoms with E-state index >= 15 is 0 Å². The highest BCUT2D eigenvalue weighted by Gasteiger charge is 2.57. The van der Waals surface area contributed by atoms with Crippen molar-refractivity contribution < 1.29 is 95.7 Å². The quantitative estimate of drug-likeness (QED) is 0.0308. The van der Waals surface area contributed by atoms with E-state index in [4.69, 9.17) is 66.3 Å². The Bertz CT molecular complexity index is 3690. The fourth-order valence-corrected chi connectivity index (χ4v) is 13.3. The Hall–Kier alpha value is -8.50. The summed E-state index contributed by atoms with van der Waals surface area (Å²) >= 11 is 0. The summed E-state index contributed by atoms with van der Waals surface area (Å²) in [5.74, 6) is -2.36. The standard InChI is InChI=1S/C76H83N3O20/c1-45(61(71(83)84)79-76(85)93-41-57-55-36-22-20-34-53(55)54-35-21-23-37-56(54)57)94-74-62(77-46(2)80)67(88-38-48-24-10-5-11-25-48)64(82)58(95-74)42-92-73-63(78-47(3)81)68(86-4)65(59(96-73)43-87-52-32-18-9-19-33-52)99-75-70(90-40-50-28-14-7-15-29-50)69(89-39-49-26-12-6-13-27-49)66-60(97-75)44-91-72(98-66)51-30-16-8-17-31-51/h5-37,45,57-70,72-75,82H,38-44H2,1-4H3,(H,77,80)(H,78,81)(H,79,85)(H,83,84)/t45-,58-,59-,60?,61?,62-,63-,64+,65-,66?,67-,68-,69+,70-,72?,73+,74+,75+/m1/s1. The fourth-order valence-electron chi connectivity index (χ4n) is 13.3. The highest BCUT2D eigenvalue weighted by molar-refractivity contribution is 5.81. The Balaban J connectivity index is 0.822. The van der Waals surface area contributed by atoms with Crippen molar-refractivity contribution in [2.45, 2.75) is 157 Å². The van der Waals surface area contributed by atoms with E-state index in [-0.39, 0.29) is 45.6 Å². The third-order valence-corrected chi connectivity index (χ3v) is 18.1. The third kappa shape index (κ3) is 17.4. The van der Waals surface area contributed by atoms with Gasteiger partial charge in [0.25, 0.3) is 0 Å². The van der Waals surface area contributed by atoms with Gasteiger partial charge in [-0.25, -0.2) is 9.59 Å². The van der Waals surface area contributed by atoms with Gasteiger partial charge in [0.15, 0.2) is 31.2 Å². The number of hydrogen-bond donors (Lipinski definition) is 5. The van der Waals surface area contributed by atoms with Crippen LogP contribution in [0.3, 0.4) is 0 Å². The predicted molar refractivity (Wildman–Crippen MR) is 356 cm³/mol. The second-order valence-corrected chi connectivity index (χ2v) is 24.9. The number of benzene rings is 7. The summed E-state index contributed by atoms with van der Waals surface area (Å²) in [7, 11) is 1.45. The molecule has 1 aliphatic carbocycles. The molecule has 5 N–H and O–H groups in total. The Morgan fingerprint density at radius 1 is 0.535 bits per heavy atom.